The number of hydrogen-bond donors (Lipinski definition) is 0. The fourth-order valence-electron chi connectivity index (χ4n) is 3.18. The maximum Gasteiger partial charge on any atom is 0.277 e. The summed E-state index contributed by atoms with van der Waals surface area (Å²) >= 11 is 1.26. The van der Waals surface area contributed by atoms with E-state index in [1.54, 1.807) is 0 Å². The summed E-state index contributed by atoms with van der Waals surface area (Å²) < 4.78 is 28.0. The predicted octanol–water partition coefficient (Wildman–Crippen LogP) is 3.65. The number of non-ortho nitro benzene ring substituents is 1. The summed E-state index contributed by atoms with van der Waals surface area (Å²) in [5.74, 6) is 2.54. The van der Waals surface area contributed by atoms with E-state index in [-0.39, 0.29) is 25.7 Å². The van der Waals surface area contributed by atoms with Crippen molar-refractivity contribution in [2.24, 2.45) is 0 Å². The zero-order valence-electron chi connectivity index (χ0n) is 15.5. The molecule has 2 aliphatic rings. The molecule has 2 aromatic carbocycles. The van der Waals surface area contributed by atoms with Gasteiger partial charge in [-0.1, -0.05) is 23.9 Å². The number of benzene rings is 2. The van der Waals surface area contributed by atoms with E-state index in [1.165, 1.54) is 23.9 Å². The summed E-state index contributed by atoms with van der Waals surface area (Å²) in [5.41, 5.74) is 1.29. The lowest BCUT2D eigenvalue weighted by atomic mass is 10.1. The van der Waals surface area contributed by atoms with Gasteiger partial charge in [-0.25, -0.2) is 0 Å². The highest BCUT2D eigenvalue weighted by Crippen LogP contribution is 2.38. The monoisotopic (exact) mass is 429 g/mol. The number of thioether (sulfide) groups is 1. The largest absolute Gasteiger partial charge is 0.485 e. The molecule has 11 heteroatoms. The minimum absolute atomic E-state index is 0.0175. The highest BCUT2D eigenvalue weighted by molar-refractivity contribution is 7.98. The second-order valence-corrected chi connectivity index (χ2v) is 7.45. The number of fused-ring (bicyclic) bond motifs is 2. The summed E-state index contributed by atoms with van der Waals surface area (Å²) in [5, 5.41) is 19.6. The molecule has 0 N–H and O–H groups in total. The lowest BCUT2D eigenvalue weighted by Gasteiger charge is -2.23. The van der Waals surface area contributed by atoms with E-state index < -0.39 is 11.0 Å². The van der Waals surface area contributed by atoms with E-state index in [2.05, 4.69) is 10.2 Å². The van der Waals surface area contributed by atoms with Gasteiger partial charge in [0.1, 0.15) is 12.4 Å². The van der Waals surface area contributed by atoms with E-state index in [0.29, 0.717) is 45.2 Å². The van der Waals surface area contributed by atoms with Crippen molar-refractivity contribution in [3.63, 3.8) is 0 Å². The molecule has 0 spiro atoms. The normalized spacial score (nSPS) is 17.1. The Kier molecular flexibility index (Phi) is 4.89. The minimum atomic E-state index is -0.507. The van der Waals surface area contributed by atoms with Crippen molar-refractivity contribution >= 4 is 17.4 Å². The zero-order chi connectivity index (χ0) is 20.5. The van der Waals surface area contributed by atoms with Gasteiger partial charge in [0.05, 0.1) is 11.5 Å². The molecule has 5 rings (SSSR count). The van der Waals surface area contributed by atoms with Gasteiger partial charge in [0, 0.05) is 29.0 Å². The number of aromatic nitrogens is 2. The number of hydrogen-bond acceptors (Lipinski definition) is 10. The summed E-state index contributed by atoms with van der Waals surface area (Å²) in [6, 6.07) is 10.3. The van der Waals surface area contributed by atoms with Crippen LogP contribution in [0.25, 0.3) is 0 Å². The summed E-state index contributed by atoms with van der Waals surface area (Å²) in [6.45, 7) is 0.628. The third-order valence-electron chi connectivity index (χ3n) is 4.54. The first kappa shape index (κ1) is 18.7. The molecule has 0 fully saturated rings. The van der Waals surface area contributed by atoms with Crippen LogP contribution >= 0.6 is 11.8 Å². The van der Waals surface area contributed by atoms with Crippen molar-refractivity contribution in [3.05, 3.63) is 63.5 Å². The minimum Gasteiger partial charge on any atom is -0.485 e. The first-order valence-corrected chi connectivity index (χ1v) is 10.0. The topological polar surface area (TPSA) is 119 Å². The van der Waals surface area contributed by atoms with E-state index in [0.717, 1.165) is 0 Å². The van der Waals surface area contributed by atoms with Crippen molar-refractivity contribution < 1.29 is 28.3 Å². The molecule has 1 aromatic heterocycles. The van der Waals surface area contributed by atoms with Crippen molar-refractivity contribution in [1.82, 2.24) is 10.2 Å². The van der Waals surface area contributed by atoms with Gasteiger partial charge in [-0.15, -0.1) is 10.2 Å². The lowest BCUT2D eigenvalue weighted by molar-refractivity contribution is -0.385. The first-order valence-electron chi connectivity index (χ1n) is 9.03. The van der Waals surface area contributed by atoms with Gasteiger partial charge in [-0.05, 0) is 12.1 Å². The Morgan fingerprint density at radius 2 is 2.03 bits per heavy atom. The Hall–Kier alpha value is -3.31. The van der Waals surface area contributed by atoms with Crippen LogP contribution in [0.2, 0.25) is 0 Å². The molecule has 0 saturated heterocycles. The molecule has 0 bridgehead atoms. The van der Waals surface area contributed by atoms with Crippen molar-refractivity contribution in [3.8, 4) is 17.2 Å². The highest BCUT2D eigenvalue weighted by Gasteiger charge is 2.28. The molecule has 1 atom stereocenters. The third kappa shape index (κ3) is 3.64. The fraction of sp³-hybridized carbons (Fsp3) is 0.263. The van der Waals surface area contributed by atoms with Gasteiger partial charge >= 0.3 is 0 Å². The van der Waals surface area contributed by atoms with Crippen LogP contribution in [0, 0.1) is 10.1 Å². The van der Waals surface area contributed by atoms with Crippen LogP contribution in [0.1, 0.15) is 23.1 Å². The van der Waals surface area contributed by atoms with Gasteiger partial charge in [-0.2, -0.15) is 0 Å². The molecular formula is C19H15N3O7S. The Labute approximate surface area is 174 Å². The second kappa shape index (κ2) is 7.84. The fourth-order valence-corrected chi connectivity index (χ4v) is 3.92. The molecule has 154 valence electrons. The summed E-state index contributed by atoms with van der Waals surface area (Å²) in [6.07, 6.45) is -0.507. The van der Waals surface area contributed by atoms with E-state index >= 15 is 0 Å². The van der Waals surface area contributed by atoms with Crippen LogP contribution in [0.4, 0.5) is 5.69 Å². The summed E-state index contributed by atoms with van der Waals surface area (Å²) in [7, 11) is 0. The number of rotatable bonds is 5. The van der Waals surface area contributed by atoms with Crippen LogP contribution in [0.3, 0.4) is 0 Å². The van der Waals surface area contributed by atoms with Crippen molar-refractivity contribution in [2.75, 3.05) is 13.4 Å². The number of ether oxygens (including phenoxy) is 4. The SMILES string of the molecule is O=[N+]([O-])c1cc2c(c(CSc3nnc(C4COc5ccccc5O4)o3)c1)OCOC2. The predicted molar refractivity (Wildman–Crippen MR) is 103 cm³/mol. The third-order valence-corrected chi connectivity index (χ3v) is 5.41. The van der Waals surface area contributed by atoms with Crippen LogP contribution < -0.4 is 14.2 Å². The molecule has 0 aliphatic carbocycles. The van der Waals surface area contributed by atoms with Crippen LogP contribution in [0.15, 0.2) is 46.0 Å². The maximum atomic E-state index is 11.2. The number of nitro groups is 1. The maximum absolute atomic E-state index is 11.2. The molecule has 0 radical (unpaired) electrons. The lowest BCUT2D eigenvalue weighted by Crippen LogP contribution is -2.21. The standard InChI is InChI=1S/C19H15N3O7S/c23-22(24)13-5-11-7-25-10-27-17(11)12(6-13)9-30-19-21-20-18(29-19)16-8-26-14-3-1-2-4-15(14)28-16/h1-6,16H,7-10H2. The number of nitrogens with zero attached hydrogens (tertiary/aromatic N) is 3. The van der Waals surface area contributed by atoms with Crippen LogP contribution in [0.5, 0.6) is 17.2 Å². The average Bonchev–Trinajstić information content (AvgIpc) is 3.26. The number of nitro benzene ring substituents is 1. The van der Waals surface area contributed by atoms with Crippen molar-refractivity contribution in [2.45, 2.75) is 23.7 Å². The Morgan fingerprint density at radius 1 is 1.17 bits per heavy atom. The molecule has 30 heavy (non-hydrogen) atoms. The van der Waals surface area contributed by atoms with Gasteiger partial charge in [0.25, 0.3) is 16.8 Å². The molecule has 0 saturated carbocycles. The Balaban J connectivity index is 1.31. The Bertz CT molecular complexity index is 1100. The van der Waals surface area contributed by atoms with E-state index in [4.69, 9.17) is 23.4 Å². The van der Waals surface area contributed by atoms with Gasteiger partial charge in [-0.3, -0.25) is 10.1 Å². The quantitative estimate of drug-likeness (QED) is 0.338. The number of para-hydroxylation sites is 2. The smallest absolute Gasteiger partial charge is 0.277 e. The molecular weight excluding hydrogens is 414 g/mol. The molecule has 3 heterocycles. The van der Waals surface area contributed by atoms with Gasteiger partial charge in [0.15, 0.2) is 18.3 Å². The molecule has 1 unspecified atom stereocenters. The summed E-state index contributed by atoms with van der Waals surface area (Å²) in [4.78, 5) is 10.8. The van der Waals surface area contributed by atoms with Crippen LogP contribution in [-0.4, -0.2) is 28.5 Å². The van der Waals surface area contributed by atoms with Gasteiger partial charge < -0.3 is 23.4 Å². The van der Waals surface area contributed by atoms with Crippen molar-refractivity contribution in [1.29, 1.82) is 0 Å². The van der Waals surface area contributed by atoms with Gasteiger partial charge in [0.2, 0.25) is 6.10 Å². The first-order chi connectivity index (χ1) is 14.7. The average molecular weight is 429 g/mol. The highest BCUT2D eigenvalue weighted by atomic mass is 32.2. The zero-order valence-corrected chi connectivity index (χ0v) is 16.3. The van der Waals surface area contributed by atoms with E-state index in [9.17, 15) is 10.1 Å². The van der Waals surface area contributed by atoms with Crippen LogP contribution in [-0.2, 0) is 17.1 Å². The molecule has 2 aliphatic heterocycles. The molecule has 10 nitrogen and oxygen atoms in total. The molecule has 3 aromatic rings. The Morgan fingerprint density at radius 3 is 2.90 bits per heavy atom. The second-order valence-electron chi connectivity index (χ2n) is 6.52. The van der Waals surface area contributed by atoms with E-state index in [1.807, 2.05) is 24.3 Å². The molecule has 0 amide bonds.